The Morgan fingerprint density at radius 2 is 1.75 bits per heavy atom. The van der Waals surface area contributed by atoms with Crippen LogP contribution < -0.4 is 5.73 Å². The first kappa shape index (κ1) is 11.7. The Morgan fingerprint density at radius 1 is 1.25 bits per heavy atom. The Hall–Kier alpha value is -0.770. The zero-order valence-electron chi connectivity index (χ0n) is 10.4. The minimum atomic E-state index is -0.407. The van der Waals surface area contributed by atoms with E-state index in [2.05, 4.69) is 0 Å². The first-order chi connectivity index (χ1) is 7.37. The predicted octanol–water partition coefficient (Wildman–Crippen LogP) is 1.88. The summed E-state index contributed by atoms with van der Waals surface area (Å²) in [6, 6.07) is 0.878. The molecule has 2 N–H and O–H groups in total. The van der Waals surface area contributed by atoms with E-state index in [0.29, 0.717) is 12.1 Å². The molecule has 0 aliphatic carbocycles. The zero-order valence-corrected chi connectivity index (χ0v) is 10.4. The summed E-state index contributed by atoms with van der Waals surface area (Å²) in [6.07, 6.45) is 3.85. The Kier molecular flexibility index (Phi) is 2.86. The lowest BCUT2D eigenvalue weighted by molar-refractivity contribution is 0.00620. The molecule has 92 valence electrons. The standard InChI is InChI=1S/C12H22N2O2/c1-12(2,3)16-11(15)14-9-4-5-10(14)7-8(13)6-9/h8-10H,4-7,13H2,1-3H3/t8-,9-,10?/m1/s1. The number of ether oxygens (including phenoxy) is 1. The van der Waals surface area contributed by atoms with Gasteiger partial charge in [-0.15, -0.1) is 0 Å². The molecular formula is C12H22N2O2. The Bertz CT molecular complexity index is 271. The van der Waals surface area contributed by atoms with E-state index < -0.39 is 5.60 Å². The first-order valence-corrected chi connectivity index (χ1v) is 6.14. The highest BCUT2D eigenvalue weighted by Gasteiger charge is 2.43. The second kappa shape index (κ2) is 3.91. The molecule has 2 aliphatic heterocycles. The average molecular weight is 226 g/mol. The summed E-state index contributed by atoms with van der Waals surface area (Å²) in [5, 5.41) is 0. The Morgan fingerprint density at radius 3 is 2.19 bits per heavy atom. The molecule has 0 radical (unpaired) electrons. The second-order valence-corrected chi connectivity index (χ2v) is 6.00. The topological polar surface area (TPSA) is 55.6 Å². The van der Waals surface area contributed by atoms with Crippen molar-refractivity contribution in [2.75, 3.05) is 0 Å². The first-order valence-electron chi connectivity index (χ1n) is 6.14. The van der Waals surface area contributed by atoms with Crippen LogP contribution in [-0.2, 0) is 4.74 Å². The van der Waals surface area contributed by atoms with Crippen LogP contribution in [0.4, 0.5) is 4.79 Å². The van der Waals surface area contributed by atoms with Crippen LogP contribution in [0.25, 0.3) is 0 Å². The molecular weight excluding hydrogens is 204 g/mol. The van der Waals surface area contributed by atoms with E-state index in [4.69, 9.17) is 10.5 Å². The quantitative estimate of drug-likeness (QED) is 0.686. The maximum atomic E-state index is 12.0. The second-order valence-electron chi connectivity index (χ2n) is 6.00. The fraction of sp³-hybridized carbons (Fsp3) is 0.917. The van der Waals surface area contributed by atoms with Gasteiger partial charge in [-0.2, -0.15) is 0 Å². The number of hydrogen-bond donors (Lipinski definition) is 1. The van der Waals surface area contributed by atoms with Crippen molar-refractivity contribution in [3.8, 4) is 0 Å². The van der Waals surface area contributed by atoms with Gasteiger partial charge in [-0.3, -0.25) is 0 Å². The normalized spacial score (nSPS) is 34.0. The fourth-order valence-electron chi connectivity index (χ4n) is 2.83. The molecule has 0 spiro atoms. The molecule has 0 aromatic rings. The molecule has 0 aromatic carbocycles. The smallest absolute Gasteiger partial charge is 0.410 e. The van der Waals surface area contributed by atoms with Crippen LogP contribution >= 0.6 is 0 Å². The van der Waals surface area contributed by atoms with Crippen molar-refractivity contribution in [3.05, 3.63) is 0 Å². The van der Waals surface area contributed by atoms with Gasteiger partial charge in [0.2, 0.25) is 0 Å². The van der Waals surface area contributed by atoms with Gasteiger partial charge in [-0.05, 0) is 46.5 Å². The summed E-state index contributed by atoms with van der Waals surface area (Å²) < 4.78 is 5.44. The van der Waals surface area contributed by atoms with Crippen molar-refractivity contribution < 1.29 is 9.53 Å². The Labute approximate surface area is 97.1 Å². The van der Waals surface area contributed by atoms with Crippen LogP contribution in [0.1, 0.15) is 46.5 Å². The van der Waals surface area contributed by atoms with Gasteiger partial charge in [-0.25, -0.2) is 4.79 Å². The number of rotatable bonds is 0. The molecule has 2 aliphatic rings. The molecule has 2 bridgehead atoms. The third-order valence-electron chi connectivity index (χ3n) is 3.37. The predicted molar refractivity (Wildman–Crippen MR) is 62.1 cm³/mol. The van der Waals surface area contributed by atoms with Crippen LogP contribution in [0.15, 0.2) is 0 Å². The zero-order chi connectivity index (χ0) is 11.9. The van der Waals surface area contributed by atoms with Gasteiger partial charge >= 0.3 is 6.09 Å². The van der Waals surface area contributed by atoms with Gasteiger partial charge in [0.1, 0.15) is 5.60 Å². The van der Waals surface area contributed by atoms with Crippen molar-refractivity contribution in [1.29, 1.82) is 0 Å². The van der Waals surface area contributed by atoms with Crippen molar-refractivity contribution in [3.63, 3.8) is 0 Å². The molecule has 1 unspecified atom stereocenters. The lowest BCUT2D eigenvalue weighted by Gasteiger charge is -2.38. The average Bonchev–Trinajstić information content (AvgIpc) is 2.36. The van der Waals surface area contributed by atoms with E-state index in [9.17, 15) is 4.79 Å². The lowest BCUT2D eigenvalue weighted by atomic mass is 9.99. The van der Waals surface area contributed by atoms with E-state index in [0.717, 1.165) is 25.7 Å². The summed E-state index contributed by atoms with van der Waals surface area (Å²) in [6.45, 7) is 5.72. The summed E-state index contributed by atoms with van der Waals surface area (Å²) in [5.74, 6) is 0. The van der Waals surface area contributed by atoms with Crippen molar-refractivity contribution >= 4 is 6.09 Å². The monoisotopic (exact) mass is 226 g/mol. The third kappa shape index (κ3) is 2.32. The van der Waals surface area contributed by atoms with Gasteiger partial charge in [-0.1, -0.05) is 0 Å². The number of nitrogens with zero attached hydrogens (tertiary/aromatic N) is 1. The summed E-state index contributed by atoms with van der Waals surface area (Å²) in [4.78, 5) is 14.0. The van der Waals surface area contributed by atoms with E-state index in [1.54, 1.807) is 0 Å². The Balaban J connectivity index is 2.03. The number of amides is 1. The molecule has 3 atom stereocenters. The molecule has 0 saturated carbocycles. The molecule has 16 heavy (non-hydrogen) atoms. The van der Waals surface area contributed by atoms with Gasteiger partial charge in [0.25, 0.3) is 0 Å². The van der Waals surface area contributed by atoms with Crippen LogP contribution in [0.3, 0.4) is 0 Å². The summed E-state index contributed by atoms with van der Waals surface area (Å²) in [7, 11) is 0. The van der Waals surface area contributed by atoms with Crippen molar-refractivity contribution in [2.45, 2.75) is 70.2 Å². The molecule has 2 fully saturated rings. The highest BCUT2D eigenvalue weighted by Crippen LogP contribution is 2.36. The van der Waals surface area contributed by atoms with Gasteiger partial charge < -0.3 is 15.4 Å². The molecule has 1 amide bonds. The molecule has 4 heteroatoms. The molecule has 2 rings (SSSR count). The van der Waals surface area contributed by atoms with Crippen molar-refractivity contribution in [1.82, 2.24) is 4.90 Å². The fourth-order valence-corrected chi connectivity index (χ4v) is 2.83. The van der Waals surface area contributed by atoms with Gasteiger partial charge in [0.05, 0.1) is 0 Å². The highest BCUT2D eigenvalue weighted by molar-refractivity contribution is 5.69. The molecule has 0 aromatic heterocycles. The minimum absolute atomic E-state index is 0.160. The number of piperidine rings is 1. The number of nitrogens with two attached hydrogens (primary N) is 1. The molecule has 2 saturated heterocycles. The number of fused-ring (bicyclic) bond motifs is 2. The maximum Gasteiger partial charge on any atom is 0.410 e. The molecule has 2 heterocycles. The van der Waals surface area contributed by atoms with Crippen LogP contribution in [-0.4, -0.2) is 34.7 Å². The molecule has 4 nitrogen and oxygen atoms in total. The highest BCUT2D eigenvalue weighted by atomic mass is 16.6. The van der Waals surface area contributed by atoms with E-state index in [1.807, 2.05) is 25.7 Å². The SMILES string of the molecule is CC(C)(C)OC(=O)N1C2CC[C@@H]1C[C@@H](N)C2. The van der Waals surface area contributed by atoms with Crippen molar-refractivity contribution in [2.24, 2.45) is 5.73 Å². The van der Waals surface area contributed by atoms with Crippen LogP contribution in [0, 0.1) is 0 Å². The largest absolute Gasteiger partial charge is 0.444 e. The number of hydrogen-bond acceptors (Lipinski definition) is 3. The number of carbonyl (C=O) groups excluding carboxylic acids is 1. The van der Waals surface area contributed by atoms with Crippen LogP contribution in [0.2, 0.25) is 0 Å². The number of carbonyl (C=O) groups is 1. The van der Waals surface area contributed by atoms with Gasteiger partial charge in [0, 0.05) is 18.1 Å². The lowest BCUT2D eigenvalue weighted by Crippen LogP contribution is -2.51. The minimum Gasteiger partial charge on any atom is -0.444 e. The van der Waals surface area contributed by atoms with E-state index >= 15 is 0 Å². The summed E-state index contributed by atoms with van der Waals surface area (Å²) >= 11 is 0. The maximum absolute atomic E-state index is 12.0. The van der Waals surface area contributed by atoms with Crippen LogP contribution in [0.5, 0.6) is 0 Å². The van der Waals surface area contributed by atoms with E-state index in [-0.39, 0.29) is 12.1 Å². The van der Waals surface area contributed by atoms with Gasteiger partial charge in [0.15, 0.2) is 0 Å². The summed E-state index contributed by atoms with van der Waals surface area (Å²) in [5.41, 5.74) is 5.56. The third-order valence-corrected chi connectivity index (χ3v) is 3.37. The van der Waals surface area contributed by atoms with E-state index in [1.165, 1.54) is 0 Å².